The van der Waals surface area contributed by atoms with Crippen LogP contribution in [0.15, 0.2) is 23.3 Å². The van der Waals surface area contributed by atoms with Crippen molar-refractivity contribution in [2.24, 2.45) is 7.05 Å². The zero-order valence-corrected chi connectivity index (χ0v) is 8.62. The molecule has 0 aliphatic rings. The summed E-state index contributed by atoms with van der Waals surface area (Å²) in [5.41, 5.74) is 0.959. The minimum atomic E-state index is -0.0162. The molecular formula is C8H7IN2O. The van der Waals surface area contributed by atoms with Gasteiger partial charge in [-0.15, -0.1) is 0 Å². The van der Waals surface area contributed by atoms with E-state index in [0.29, 0.717) is 0 Å². The third-order valence-electron chi connectivity index (χ3n) is 1.86. The van der Waals surface area contributed by atoms with E-state index in [1.165, 1.54) is 0 Å². The van der Waals surface area contributed by atoms with Crippen LogP contribution in [-0.4, -0.2) is 9.55 Å². The Kier molecular flexibility index (Phi) is 1.71. The van der Waals surface area contributed by atoms with Crippen LogP contribution in [0, 0.1) is 3.57 Å². The summed E-state index contributed by atoms with van der Waals surface area (Å²) in [7, 11) is 1.93. The van der Waals surface area contributed by atoms with Crippen LogP contribution in [0.4, 0.5) is 0 Å². The predicted molar refractivity (Wildman–Crippen MR) is 56.3 cm³/mol. The summed E-state index contributed by atoms with van der Waals surface area (Å²) < 4.78 is 2.94. The maximum atomic E-state index is 11.3. The number of nitrogens with one attached hydrogen (secondary N) is 1. The molecule has 0 saturated carbocycles. The van der Waals surface area contributed by atoms with E-state index in [1.807, 2.05) is 23.9 Å². The molecule has 1 N–H and O–H groups in total. The fraction of sp³-hybridized carbons (Fsp3) is 0.125. The standard InChI is InChI=1S/C8H7IN2O/c1-11-4-5(9)7-6(11)2-3-10-8(7)12/h2-4H,1H3,(H,10,12). The molecule has 4 heteroatoms. The first kappa shape index (κ1) is 7.85. The molecule has 2 heterocycles. The average Bonchev–Trinajstić information content (AvgIpc) is 2.29. The molecule has 0 atom stereocenters. The maximum Gasteiger partial charge on any atom is 0.258 e. The molecule has 62 valence electrons. The zero-order chi connectivity index (χ0) is 8.72. The van der Waals surface area contributed by atoms with Crippen LogP contribution in [0.3, 0.4) is 0 Å². The van der Waals surface area contributed by atoms with Crippen molar-refractivity contribution in [2.45, 2.75) is 0 Å². The number of pyridine rings is 1. The Morgan fingerprint density at radius 1 is 1.58 bits per heavy atom. The highest BCUT2D eigenvalue weighted by molar-refractivity contribution is 14.1. The second kappa shape index (κ2) is 2.62. The third-order valence-corrected chi connectivity index (χ3v) is 2.68. The molecule has 0 aliphatic heterocycles. The van der Waals surface area contributed by atoms with Crippen molar-refractivity contribution in [1.82, 2.24) is 9.55 Å². The molecule has 0 bridgehead atoms. The number of hydrogen-bond donors (Lipinski definition) is 1. The number of fused-ring (bicyclic) bond motifs is 1. The van der Waals surface area contributed by atoms with Gasteiger partial charge in [0.2, 0.25) is 0 Å². The van der Waals surface area contributed by atoms with Crippen molar-refractivity contribution < 1.29 is 0 Å². The summed E-state index contributed by atoms with van der Waals surface area (Å²) in [5, 5.41) is 0.778. The molecule has 2 aromatic rings. The first-order chi connectivity index (χ1) is 5.70. The summed E-state index contributed by atoms with van der Waals surface area (Å²) in [6, 6.07) is 1.90. The number of hydrogen-bond acceptors (Lipinski definition) is 1. The molecule has 0 radical (unpaired) electrons. The van der Waals surface area contributed by atoms with E-state index in [1.54, 1.807) is 6.20 Å². The lowest BCUT2D eigenvalue weighted by Crippen LogP contribution is -2.04. The molecule has 0 spiro atoms. The summed E-state index contributed by atoms with van der Waals surface area (Å²) in [4.78, 5) is 14.0. The Balaban J connectivity index is 3.09. The summed E-state index contributed by atoms with van der Waals surface area (Å²) >= 11 is 2.16. The van der Waals surface area contributed by atoms with Gasteiger partial charge in [0.15, 0.2) is 0 Å². The van der Waals surface area contributed by atoms with Crippen molar-refractivity contribution in [3.8, 4) is 0 Å². The van der Waals surface area contributed by atoms with Gasteiger partial charge in [0, 0.05) is 23.0 Å². The van der Waals surface area contributed by atoms with Gasteiger partial charge < -0.3 is 9.55 Å². The van der Waals surface area contributed by atoms with Crippen LogP contribution in [0.25, 0.3) is 10.9 Å². The van der Waals surface area contributed by atoms with Crippen molar-refractivity contribution in [3.63, 3.8) is 0 Å². The fourth-order valence-electron chi connectivity index (χ4n) is 1.30. The predicted octanol–water partition coefficient (Wildman–Crippen LogP) is 1.47. The Hall–Kier alpha value is -0.780. The monoisotopic (exact) mass is 274 g/mol. The molecule has 12 heavy (non-hydrogen) atoms. The van der Waals surface area contributed by atoms with Gasteiger partial charge in [-0.1, -0.05) is 0 Å². The molecule has 2 aromatic heterocycles. The van der Waals surface area contributed by atoms with Crippen LogP contribution in [-0.2, 0) is 7.05 Å². The first-order valence-corrected chi connectivity index (χ1v) is 4.60. The normalized spacial score (nSPS) is 10.8. The molecule has 0 amide bonds. The minimum Gasteiger partial charge on any atom is -0.349 e. The zero-order valence-electron chi connectivity index (χ0n) is 6.47. The molecule has 0 saturated heterocycles. The van der Waals surface area contributed by atoms with Gasteiger partial charge in [0.1, 0.15) is 0 Å². The Morgan fingerprint density at radius 3 is 3.00 bits per heavy atom. The van der Waals surface area contributed by atoms with Crippen molar-refractivity contribution in [2.75, 3.05) is 0 Å². The highest BCUT2D eigenvalue weighted by Crippen LogP contribution is 2.17. The number of rotatable bonds is 0. The topological polar surface area (TPSA) is 37.8 Å². The average molecular weight is 274 g/mol. The number of aromatic nitrogens is 2. The molecule has 0 aromatic carbocycles. The van der Waals surface area contributed by atoms with E-state index < -0.39 is 0 Å². The van der Waals surface area contributed by atoms with Gasteiger partial charge >= 0.3 is 0 Å². The second-order valence-electron chi connectivity index (χ2n) is 2.65. The number of nitrogens with zero attached hydrogens (tertiary/aromatic N) is 1. The smallest absolute Gasteiger partial charge is 0.258 e. The van der Waals surface area contributed by atoms with E-state index in [9.17, 15) is 4.79 Å². The fourth-order valence-corrected chi connectivity index (χ4v) is 2.24. The molecular weight excluding hydrogens is 267 g/mol. The van der Waals surface area contributed by atoms with Gasteiger partial charge in [-0.3, -0.25) is 4.79 Å². The Bertz CT molecular complexity index is 483. The van der Waals surface area contributed by atoms with Gasteiger partial charge in [-0.05, 0) is 28.7 Å². The highest BCUT2D eigenvalue weighted by Gasteiger charge is 2.05. The van der Waals surface area contributed by atoms with Crippen LogP contribution < -0.4 is 5.56 Å². The van der Waals surface area contributed by atoms with Gasteiger partial charge in [0.25, 0.3) is 5.56 Å². The molecule has 3 nitrogen and oxygen atoms in total. The minimum absolute atomic E-state index is 0.0162. The quantitative estimate of drug-likeness (QED) is 0.726. The van der Waals surface area contributed by atoms with E-state index >= 15 is 0 Å². The van der Waals surface area contributed by atoms with E-state index in [0.717, 1.165) is 14.5 Å². The summed E-state index contributed by atoms with van der Waals surface area (Å²) in [5.74, 6) is 0. The van der Waals surface area contributed by atoms with Gasteiger partial charge in [0.05, 0.1) is 10.9 Å². The highest BCUT2D eigenvalue weighted by atomic mass is 127. The van der Waals surface area contributed by atoms with E-state index in [4.69, 9.17) is 0 Å². The molecule has 0 unspecified atom stereocenters. The molecule has 0 fully saturated rings. The first-order valence-electron chi connectivity index (χ1n) is 3.52. The molecule has 2 rings (SSSR count). The lowest BCUT2D eigenvalue weighted by Gasteiger charge is -1.92. The lowest BCUT2D eigenvalue weighted by atomic mass is 10.3. The van der Waals surface area contributed by atoms with E-state index in [2.05, 4.69) is 27.6 Å². The van der Waals surface area contributed by atoms with Crippen LogP contribution >= 0.6 is 22.6 Å². The third kappa shape index (κ3) is 0.979. The SMILES string of the molecule is Cn1cc(I)c2c(=O)[nH]ccc21. The largest absolute Gasteiger partial charge is 0.349 e. The van der Waals surface area contributed by atoms with Crippen molar-refractivity contribution in [1.29, 1.82) is 0 Å². The van der Waals surface area contributed by atoms with Gasteiger partial charge in [-0.2, -0.15) is 0 Å². The Morgan fingerprint density at radius 2 is 2.33 bits per heavy atom. The number of aryl methyl sites for hydroxylation is 1. The van der Waals surface area contributed by atoms with Crippen LogP contribution in [0.5, 0.6) is 0 Å². The lowest BCUT2D eigenvalue weighted by molar-refractivity contribution is 0.965. The summed E-state index contributed by atoms with van der Waals surface area (Å²) in [6.45, 7) is 0. The number of halogens is 1. The Labute approximate surface area is 82.5 Å². The van der Waals surface area contributed by atoms with Crippen LogP contribution in [0.2, 0.25) is 0 Å². The number of aromatic amines is 1. The van der Waals surface area contributed by atoms with Crippen molar-refractivity contribution in [3.05, 3.63) is 32.4 Å². The van der Waals surface area contributed by atoms with E-state index in [-0.39, 0.29) is 5.56 Å². The summed E-state index contributed by atoms with van der Waals surface area (Å²) in [6.07, 6.45) is 3.61. The number of H-pyrrole nitrogens is 1. The maximum absolute atomic E-state index is 11.3. The van der Waals surface area contributed by atoms with Crippen LogP contribution in [0.1, 0.15) is 0 Å². The van der Waals surface area contributed by atoms with Gasteiger partial charge in [-0.25, -0.2) is 0 Å². The second-order valence-corrected chi connectivity index (χ2v) is 3.82. The van der Waals surface area contributed by atoms with Crippen molar-refractivity contribution >= 4 is 33.5 Å². The molecule has 0 aliphatic carbocycles.